The fraction of sp³-hybridized carbons (Fsp3) is 0.242. The minimum atomic E-state index is -2.88. The summed E-state index contributed by atoms with van der Waals surface area (Å²) < 4.78 is 80.6. The Morgan fingerprint density at radius 3 is 2.48 bits per heavy atom. The summed E-state index contributed by atoms with van der Waals surface area (Å²) in [4.78, 5) is 20.3. The molecule has 0 bridgehead atoms. The Labute approximate surface area is 248 Å². The van der Waals surface area contributed by atoms with Crippen LogP contribution < -0.4 is 4.74 Å². The van der Waals surface area contributed by atoms with Gasteiger partial charge in [-0.05, 0) is 66.9 Å². The van der Waals surface area contributed by atoms with Gasteiger partial charge in [0.25, 0.3) is 5.92 Å². The Bertz CT molecular complexity index is 1910. The monoisotopic (exact) mass is 607 g/mol. The number of pyridine rings is 1. The molecule has 1 fully saturated rings. The number of aromatic carboxylic acids is 1. The Hall–Kier alpha value is -4.80. The standard InChI is InChI=1S/C33H26F5N3O3/c1-18-5-6-20(24(34)11-18)17-44-31-4-2-3-27(40-31)23-15-25(35)21(12-26(23)36)14-30-39-28-8-7-19(32(42)43)13-29(28)41(30)16-22-9-10-33(22,37)38/h2-8,11-13,15,22H,9-10,14,16-17H2,1H3,(H,42,43). The average molecular weight is 608 g/mol. The highest BCUT2D eigenvalue weighted by atomic mass is 19.3. The molecule has 11 heteroatoms. The SMILES string of the molecule is Cc1ccc(COc2cccc(-c3cc(F)c(Cc4nc5ccc(C(=O)O)cc5n4CC4CCC4(F)F)cc3F)n2)c(F)c1. The van der Waals surface area contributed by atoms with Gasteiger partial charge in [0.15, 0.2) is 0 Å². The minimum Gasteiger partial charge on any atom is -0.478 e. The van der Waals surface area contributed by atoms with Crippen molar-refractivity contribution in [3.8, 4) is 17.1 Å². The molecule has 3 aromatic carbocycles. The molecule has 6 rings (SSSR count). The van der Waals surface area contributed by atoms with E-state index in [-0.39, 0.29) is 66.5 Å². The van der Waals surface area contributed by atoms with Gasteiger partial charge in [-0.15, -0.1) is 0 Å². The van der Waals surface area contributed by atoms with Crippen LogP contribution in [0.15, 0.2) is 66.7 Å². The third-order valence-corrected chi connectivity index (χ3v) is 7.97. The van der Waals surface area contributed by atoms with Gasteiger partial charge in [0.1, 0.15) is 29.9 Å². The van der Waals surface area contributed by atoms with E-state index >= 15 is 8.78 Å². The second-order valence-electron chi connectivity index (χ2n) is 11.0. The van der Waals surface area contributed by atoms with Gasteiger partial charge in [-0.1, -0.05) is 18.2 Å². The van der Waals surface area contributed by atoms with E-state index in [0.29, 0.717) is 16.6 Å². The maximum Gasteiger partial charge on any atom is 0.335 e. The van der Waals surface area contributed by atoms with E-state index < -0.39 is 35.3 Å². The zero-order valence-corrected chi connectivity index (χ0v) is 23.5. The molecule has 0 aliphatic heterocycles. The first kappa shape index (κ1) is 29.3. The Morgan fingerprint density at radius 2 is 1.77 bits per heavy atom. The number of alkyl halides is 2. The number of carboxylic acids is 1. The van der Waals surface area contributed by atoms with Crippen molar-refractivity contribution in [1.29, 1.82) is 0 Å². The first-order chi connectivity index (χ1) is 21.0. The first-order valence-electron chi connectivity index (χ1n) is 13.9. The van der Waals surface area contributed by atoms with Crippen LogP contribution >= 0.6 is 0 Å². The Balaban J connectivity index is 1.28. The normalized spacial score (nSPS) is 15.7. The largest absolute Gasteiger partial charge is 0.478 e. The topological polar surface area (TPSA) is 77.2 Å². The predicted octanol–water partition coefficient (Wildman–Crippen LogP) is 7.74. The number of ether oxygens (including phenoxy) is 1. The number of carbonyl (C=O) groups is 1. The van der Waals surface area contributed by atoms with Gasteiger partial charge in [-0.25, -0.2) is 36.7 Å². The molecule has 6 nitrogen and oxygen atoms in total. The lowest BCUT2D eigenvalue weighted by atomic mass is 9.80. The van der Waals surface area contributed by atoms with E-state index in [9.17, 15) is 23.1 Å². The number of fused-ring (bicyclic) bond motifs is 1. The number of rotatable bonds is 9. The molecule has 0 saturated heterocycles. The summed E-state index contributed by atoms with van der Waals surface area (Å²) in [6.45, 7) is 1.51. The summed E-state index contributed by atoms with van der Waals surface area (Å²) in [7, 11) is 0. The van der Waals surface area contributed by atoms with Crippen LogP contribution in [0, 0.1) is 30.3 Å². The molecule has 1 aliphatic carbocycles. The second kappa shape index (κ2) is 11.4. The highest BCUT2D eigenvalue weighted by Crippen LogP contribution is 2.45. The summed E-state index contributed by atoms with van der Waals surface area (Å²) in [6.07, 6.45) is -0.195. The van der Waals surface area contributed by atoms with Crippen LogP contribution in [-0.4, -0.2) is 31.5 Å². The van der Waals surface area contributed by atoms with E-state index in [4.69, 9.17) is 4.74 Å². The fourth-order valence-electron chi connectivity index (χ4n) is 5.31. The third kappa shape index (κ3) is 5.73. The molecule has 226 valence electrons. The Kier molecular flexibility index (Phi) is 7.56. The maximum absolute atomic E-state index is 15.5. The van der Waals surface area contributed by atoms with E-state index in [1.807, 2.05) is 0 Å². The predicted molar refractivity (Wildman–Crippen MR) is 152 cm³/mol. The van der Waals surface area contributed by atoms with Crippen LogP contribution in [0.4, 0.5) is 22.0 Å². The highest BCUT2D eigenvalue weighted by Gasteiger charge is 2.48. The van der Waals surface area contributed by atoms with Gasteiger partial charge >= 0.3 is 5.97 Å². The summed E-state index contributed by atoms with van der Waals surface area (Å²) in [5.74, 6) is -6.74. The molecule has 1 saturated carbocycles. The van der Waals surface area contributed by atoms with Crippen LogP contribution in [0.25, 0.3) is 22.3 Å². The molecule has 0 radical (unpaired) electrons. The summed E-state index contributed by atoms with van der Waals surface area (Å²) >= 11 is 0. The van der Waals surface area contributed by atoms with Gasteiger partial charge in [0.05, 0.1) is 22.3 Å². The van der Waals surface area contributed by atoms with Gasteiger partial charge in [-0.3, -0.25) is 0 Å². The van der Waals surface area contributed by atoms with Crippen molar-refractivity contribution in [3.63, 3.8) is 0 Å². The van der Waals surface area contributed by atoms with Gasteiger partial charge in [-0.2, -0.15) is 0 Å². The lowest BCUT2D eigenvalue weighted by molar-refractivity contribution is -0.137. The second-order valence-corrected chi connectivity index (χ2v) is 11.0. The van der Waals surface area contributed by atoms with Crippen molar-refractivity contribution in [1.82, 2.24) is 14.5 Å². The number of benzene rings is 3. The molecule has 2 heterocycles. The number of hydrogen-bond acceptors (Lipinski definition) is 4. The summed E-state index contributed by atoms with van der Waals surface area (Å²) in [6, 6.07) is 15.4. The van der Waals surface area contributed by atoms with Crippen molar-refractivity contribution in [3.05, 3.63) is 112 Å². The Morgan fingerprint density at radius 1 is 0.977 bits per heavy atom. The van der Waals surface area contributed by atoms with Crippen LogP contribution in [0.2, 0.25) is 0 Å². The highest BCUT2D eigenvalue weighted by molar-refractivity contribution is 5.92. The number of carboxylic acid groups (broad SMARTS) is 1. The molecule has 44 heavy (non-hydrogen) atoms. The minimum absolute atomic E-state index is 0.0464. The fourth-order valence-corrected chi connectivity index (χ4v) is 5.31. The van der Waals surface area contributed by atoms with E-state index in [0.717, 1.165) is 17.7 Å². The van der Waals surface area contributed by atoms with E-state index in [1.165, 1.54) is 41.0 Å². The molecule has 5 aromatic rings. The molecule has 2 aromatic heterocycles. The average Bonchev–Trinajstić information content (AvgIpc) is 3.32. The van der Waals surface area contributed by atoms with E-state index in [1.54, 1.807) is 25.1 Å². The zero-order valence-electron chi connectivity index (χ0n) is 23.5. The molecule has 1 N–H and O–H groups in total. The van der Waals surface area contributed by atoms with Crippen molar-refractivity contribution in [2.75, 3.05) is 0 Å². The number of hydrogen-bond donors (Lipinski definition) is 1. The van der Waals surface area contributed by atoms with Crippen LogP contribution in [-0.2, 0) is 19.6 Å². The number of nitrogens with zero attached hydrogens (tertiary/aromatic N) is 3. The summed E-state index contributed by atoms with van der Waals surface area (Å²) in [5, 5.41) is 9.44. The molecular formula is C33H26F5N3O3. The van der Waals surface area contributed by atoms with Crippen LogP contribution in [0.3, 0.4) is 0 Å². The van der Waals surface area contributed by atoms with Crippen LogP contribution in [0.5, 0.6) is 5.88 Å². The van der Waals surface area contributed by atoms with Crippen LogP contribution in [0.1, 0.15) is 45.7 Å². The first-order valence-corrected chi connectivity index (χ1v) is 13.9. The molecule has 1 aliphatic rings. The number of aromatic nitrogens is 3. The zero-order chi connectivity index (χ0) is 31.2. The number of aryl methyl sites for hydroxylation is 1. The lowest BCUT2D eigenvalue weighted by Crippen LogP contribution is -2.41. The van der Waals surface area contributed by atoms with Crippen molar-refractivity contribution >= 4 is 17.0 Å². The maximum atomic E-state index is 15.5. The third-order valence-electron chi connectivity index (χ3n) is 7.97. The quantitative estimate of drug-likeness (QED) is 0.174. The van der Waals surface area contributed by atoms with Crippen molar-refractivity contribution in [2.45, 2.75) is 45.3 Å². The molecule has 0 amide bonds. The van der Waals surface area contributed by atoms with Crippen molar-refractivity contribution < 1.29 is 36.6 Å². The van der Waals surface area contributed by atoms with Gasteiger partial charge in [0.2, 0.25) is 5.88 Å². The number of halogens is 5. The molecular weight excluding hydrogens is 581 g/mol. The number of imidazole rings is 1. The van der Waals surface area contributed by atoms with Crippen molar-refractivity contribution in [2.24, 2.45) is 5.92 Å². The van der Waals surface area contributed by atoms with E-state index in [2.05, 4.69) is 9.97 Å². The van der Waals surface area contributed by atoms with Gasteiger partial charge in [0, 0.05) is 42.5 Å². The lowest BCUT2D eigenvalue weighted by Gasteiger charge is -2.36. The smallest absolute Gasteiger partial charge is 0.335 e. The molecule has 0 spiro atoms. The summed E-state index contributed by atoms with van der Waals surface area (Å²) in [5.41, 5.74) is 1.61. The molecule has 1 atom stereocenters. The van der Waals surface area contributed by atoms with Gasteiger partial charge < -0.3 is 14.4 Å². The molecule has 1 unspecified atom stereocenters.